The second-order valence-electron chi connectivity index (χ2n) is 3.45. The molecule has 0 aliphatic carbocycles. The lowest BCUT2D eigenvalue weighted by atomic mass is 10.1. The number of hydrogen-bond acceptors (Lipinski definition) is 2. The molecule has 1 aromatic carbocycles. The maximum Gasteiger partial charge on any atom is 0.0979 e. The summed E-state index contributed by atoms with van der Waals surface area (Å²) < 4.78 is 0.979. The number of rotatable bonds is 0. The first kappa shape index (κ1) is 10.00. The third-order valence-electron chi connectivity index (χ3n) is 2.50. The number of pyridine rings is 2. The molecule has 0 saturated heterocycles. The van der Waals surface area contributed by atoms with E-state index >= 15 is 0 Å². The van der Waals surface area contributed by atoms with Crippen LogP contribution in [-0.2, 0) is 0 Å². The highest BCUT2D eigenvalue weighted by Gasteiger charge is 2.08. The predicted octanol–water partition coefficient (Wildman–Crippen LogP) is 4.20. The Morgan fingerprint density at radius 2 is 1.75 bits per heavy atom. The zero-order valence-corrected chi connectivity index (χ0v) is 10.5. The van der Waals surface area contributed by atoms with Crippen LogP contribution in [0.15, 0.2) is 41.1 Å². The zero-order chi connectivity index (χ0) is 11.1. The molecular weight excluding hydrogens is 288 g/mol. The second-order valence-corrected chi connectivity index (χ2v) is 4.71. The Kier molecular flexibility index (Phi) is 2.30. The molecule has 0 aliphatic heterocycles. The molecule has 3 rings (SSSR count). The van der Waals surface area contributed by atoms with Gasteiger partial charge in [-0.05, 0) is 24.3 Å². The highest BCUT2D eigenvalue weighted by atomic mass is 79.9. The van der Waals surface area contributed by atoms with Crippen LogP contribution in [0.4, 0.5) is 0 Å². The minimum atomic E-state index is 0.698. The minimum absolute atomic E-state index is 0.698. The molecule has 2 aromatic heterocycles. The Bertz CT molecular complexity index is 692. The summed E-state index contributed by atoms with van der Waals surface area (Å²) in [4.78, 5) is 8.70. The molecule has 0 N–H and O–H groups in total. The zero-order valence-electron chi connectivity index (χ0n) is 8.11. The maximum atomic E-state index is 6.22. The lowest BCUT2D eigenvalue weighted by Gasteiger charge is -2.05. The molecule has 78 valence electrons. The van der Waals surface area contributed by atoms with Crippen molar-refractivity contribution in [1.82, 2.24) is 9.97 Å². The Morgan fingerprint density at radius 3 is 2.62 bits per heavy atom. The van der Waals surface area contributed by atoms with Crippen molar-refractivity contribution in [2.45, 2.75) is 0 Å². The summed E-state index contributed by atoms with van der Waals surface area (Å²) in [6, 6.07) is 7.64. The monoisotopic (exact) mass is 292 g/mol. The first-order chi connectivity index (χ1) is 7.77. The van der Waals surface area contributed by atoms with Gasteiger partial charge in [-0.1, -0.05) is 27.5 Å². The van der Waals surface area contributed by atoms with Crippen LogP contribution in [0, 0.1) is 0 Å². The fraction of sp³-hybridized carbons (Fsp3) is 0. The lowest BCUT2D eigenvalue weighted by molar-refractivity contribution is 1.37. The lowest BCUT2D eigenvalue weighted by Crippen LogP contribution is -1.86. The number of hydrogen-bond donors (Lipinski definition) is 0. The van der Waals surface area contributed by atoms with Crippen molar-refractivity contribution in [2.75, 3.05) is 0 Å². The van der Waals surface area contributed by atoms with E-state index in [0.717, 1.165) is 26.3 Å². The topological polar surface area (TPSA) is 25.8 Å². The van der Waals surface area contributed by atoms with Gasteiger partial charge in [0.25, 0.3) is 0 Å². The van der Waals surface area contributed by atoms with Gasteiger partial charge < -0.3 is 0 Å². The number of halogens is 2. The van der Waals surface area contributed by atoms with Crippen LogP contribution in [0.3, 0.4) is 0 Å². The Hall–Kier alpha value is -1.19. The maximum absolute atomic E-state index is 6.22. The predicted molar refractivity (Wildman–Crippen MR) is 69.8 cm³/mol. The molecule has 2 heterocycles. The summed E-state index contributed by atoms with van der Waals surface area (Å²) in [6.07, 6.45) is 3.51. The van der Waals surface area contributed by atoms with Crippen LogP contribution in [0.25, 0.3) is 21.8 Å². The Labute approximate surface area is 105 Å². The quantitative estimate of drug-likeness (QED) is 0.581. The summed E-state index contributed by atoms with van der Waals surface area (Å²) in [7, 11) is 0. The molecule has 0 radical (unpaired) electrons. The van der Waals surface area contributed by atoms with Crippen molar-refractivity contribution < 1.29 is 0 Å². The average molecular weight is 294 g/mol. The van der Waals surface area contributed by atoms with Crippen LogP contribution in [0.2, 0.25) is 5.02 Å². The van der Waals surface area contributed by atoms with Gasteiger partial charge in [-0.25, -0.2) is 0 Å². The molecule has 0 fully saturated rings. The van der Waals surface area contributed by atoms with E-state index in [1.165, 1.54) is 0 Å². The van der Waals surface area contributed by atoms with E-state index < -0.39 is 0 Å². The van der Waals surface area contributed by atoms with Crippen molar-refractivity contribution in [3.63, 3.8) is 0 Å². The van der Waals surface area contributed by atoms with Crippen LogP contribution in [0.5, 0.6) is 0 Å². The van der Waals surface area contributed by atoms with Crippen LogP contribution in [0.1, 0.15) is 0 Å². The molecule has 0 spiro atoms. The first-order valence-corrected chi connectivity index (χ1v) is 5.92. The molecule has 0 unspecified atom stereocenters. The molecule has 0 amide bonds. The highest BCUT2D eigenvalue weighted by molar-refractivity contribution is 9.10. The molecule has 0 aliphatic rings. The van der Waals surface area contributed by atoms with Gasteiger partial charge in [0.05, 0.1) is 16.1 Å². The Morgan fingerprint density at radius 1 is 1.00 bits per heavy atom. The van der Waals surface area contributed by atoms with E-state index in [2.05, 4.69) is 25.9 Å². The fourth-order valence-electron chi connectivity index (χ4n) is 1.77. The van der Waals surface area contributed by atoms with Gasteiger partial charge in [-0.15, -0.1) is 0 Å². The molecule has 0 saturated carbocycles. The van der Waals surface area contributed by atoms with E-state index in [1.807, 2.05) is 24.3 Å². The van der Waals surface area contributed by atoms with Crippen molar-refractivity contribution in [3.8, 4) is 0 Å². The summed E-state index contributed by atoms with van der Waals surface area (Å²) in [5.74, 6) is 0. The standard InChI is InChI=1S/C12H6BrClN2/c13-9-3-5-16-12-8(9)6-10(14)7-2-1-4-15-11(7)12/h1-6H. The summed E-state index contributed by atoms with van der Waals surface area (Å²) in [6.45, 7) is 0. The largest absolute Gasteiger partial charge is 0.254 e. The van der Waals surface area contributed by atoms with E-state index in [9.17, 15) is 0 Å². The summed E-state index contributed by atoms with van der Waals surface area (Å²) >= 11 is 9.71. The number of nitrogens with zero attached hydrogens (tertiary/aromatic N) is 2. The van der Waals surface area contributed by atoms with Crippen molar-refractivity contribution in [1.29, 1.82) is 0 Å². The Balaban J connectivity index is 2.64. The van der Waals surface area contributed by atoms with Gasteiger partial charge in [0.15, 0.2) is 0 Å². The minimum Gasteiger partial charge on any atom is -0.254 e. The number of benzene rings is 1. The highest BCUT2D eigenvalue weighted by Crippen LogP contribution is 2.32. The second kappa shape index (κ2) is 3.68. The third-order valence-corrected chi connectivity index (χ3v) is 3.50. The molecule has 16 heavy (non-hydrogen) atoms. The molecular formula is C12H6BrClN2. The molecule has 3 aromatic rings. The van der Waals surface area contributed by atoms with Gasteiger partial charge in [0.1, 0.15) is 0 Å². The van der Waals surface area contributed by atoms with Crippen molar-refractivity contribution >= 4 is 49.3 Å². The van der Waals surface area contributed by atoms with E-state index in [-0.39, 0.29) is 0 Å². The van der Waals surface area contributed by atoms with Crippen LogP contribution in [-0.4, -0.2) is 9.97 Å². The van der Waals surface area contributed by atoms with Crippen molar-refractivity contribution in [3.05, 3.63) is 46.2 Å². The van der Waals surface area contributed by atoms with Gasteiger partial charge in [0, 0.05) is 27.6 Å². The molecule has 2 nitrogen and oxygen atoms in total. The molecule has 0 bridgehead atoms. The summed E-state index contributed by atoms with van der Waals surface area (Å²) in [5, 5.41) is 2.62. The molecule has 0 atom stereocenters. The van der Waals surface area contributed by atoms with Gasteiger partial charge in [0.2, 0.25) is 0 Å². The number of fused-ring (bicyclic) bond motifs is 3. The van der Waals surface area contributed by atoms with Gasteiger partial charge in [-0.3, -0.25) is 9.97 Å². The number of aromatic nitrogens is 2. The van der Waals surface area contributed by atoms with Crippen LogP contribution < -0.4 is 0 Å². The first-order valence-electron chi connectivity index (χ1n) is 4.75. The van der Waals surface area contributed by atoms with E-state index in [4.69, 9.17) is 11.6 Å². The van der Waals surface area contributed by atoms with E-state index in [0.29, 0.717) is 5.02 Å². The normalized spacial score (nSPS) is 11.1. The average Bonchev–Trinajstić information content (AvgIpc) is 2.31. The van der Waals surface area contributed by atoms with Crippen LogP contribution >= 0.6 is 27.5 Å². The summed E-state index contributed by atoms with van der Waals surface area (Å²) in [5.41, 5.74) is 1.71. The third kappa shape index (κ3) is 1.39. The fourth-order valence-corrected chi connectivity index (χ4v) is 2.45. The van der Waals surface area contributed by atoms with Gasteiger partial charge in [-0.2, -0.15) is 0 Å². The van der Waals surface area contributed by atoms with Crippen molar-refractivity contribution in [2.24, 2.45) is 0 Å². The van der Waals surface area contributed by atoms with Gasteiger partial charge >= 0.3 is 0 Å². The van der Waals surface area contributed by atoms with E-state index in [1.54, 1.807) is 12.4 Å². The SMILES string of the molecule is Clc1cc2c(Br)ccnc2c2ncccc12. The molecule has 4 heteroatoms. The smallest absolute Gasteiger partial charge is 0.0979 e.